The van der Waals surface area contributed by atoms with Crippen molar-refractivity contribution in [2.75, 3.05) is 33.3 Å². The van der Waals surface area contributed by atoms with E-state index in [1.54, 1.807) is 7.11 Å². The maximum atomic E-state index is 12.8. The van der Waals surface area contributed by atoms with Crippen molar-refractivity contribution >= 4 is 11.9 Å². The van der Waals surface area contributed by atoms with Crippen molar-refractivity contribution in [1.82, 2.24) is 15.1 Å². The molecule has 1 aromatic carbocycles. The summed E-state index contributed by atoms with van der Waals surface area (Å²) in [5, 5.41) is 3.16. The van der Waals surface area contributed by atoms with E-state index >= 15 is 0 Å². The van der Waals surface area contributed by atoms with E-state index in [9.17, 15) is 9.59 Å². The molecule has 2 aliphatic rings. The molecule has 6 nitrogen and oxygen atoms in total. The van der Waals surface area contributed by atoms with Crippen LogP contribution in [0.15, 0.2) is 18.2 Å². The van der Waals surface area contributed by atoms with E-state index in [0.29, 0.717) is 37.8 Å². The van der Waals surface area contributed by atoms with Crippen molar-refractivity contribution in [3.8, 4) is 5.75 Å². The van der Waals surface area contributed by atoms with Crippen LogP contribution in [-0.2, 0) is 6.42 Å². The molecule has 2 fully saturated rings. The number of carbonyl (C=O) groups excluding carboxylic acids is 2. The maximum Gasteiger partial charge on any atom is 0.317 e. The second kappa shape index (κ2) is 9.11. The number of nitrogens with one attached hydrogen (secondary N) is 1. The second-order valence-corrected chi connectivity index (χ2v) is 7.44. The number of ether oxygens (including phenoxy) is 1. The van der Waals surface area contributed by atoms with Crippen LogP contribution in [0.2, 0.25) is 0 Å². The molecule has 0 unspecified atom stereocenters. The van der Waals surface area contributed by atoms with Crippen LogP contribution in [0.3, 0.4) is 0 Å². The van der Waals surface area contributed by atoms with Gasteiger partial charge < -0.3 is 19.9 Å². The number of benzene rings is 1. The Hall–Kier alpha value is -2.24. The molecule has 1 saturated heterocycles. The Labute approximate surface area is 161 Å². The highest BCUT2D eigenvalue weighted by Gasteiger charge is 2.26. The molecule has 0 radical (unpaired) electrons. The topological polar surface area (TPSA) is 61.9 Å². The molecule has 1 aliphatic heterocycles. The quantitative estimate of drug-likeness (QED) is 0.882. The van der Waals surface area contributed by atoms with Gasteiger partial charge in [-0.25, -0.2) is 4.79 Å². The zero-order valence-corrected chi connectivity index (χ0v) is 16.5. The van der Waals surface area contributed by atoms with Crippen LogP contribution in [-0.4, -0.2) is 61.1 Å². The molecule has 148 valence electrons. The molecular weight excluding hydrogens is 342 g/mol. The van der Waals surface area contributed by atoms with Gasteiger partial charge in [-0.1, -0.05) is 26.2 Å². The minimum atomic E-state index is 0.0201. The molecule has 6 heteroatoms. The largest absolute Gasteiger partial charge is 0.496 e. The Balaban J connectivity index is 1.53. The molecule has 0 bridgehead atoms. The Bertz CT molecular complexity index is 663. The molecule has 27 heavy (non-hydrogen) atoms. The summed E-state index contributed by atoms with van der Waals surface area (Å²) in [6.07, 6.45) is 6.67. The third-order valence-corrected chi connectivity index (χ3v) is 5.70. The van der Waals surface area contributed by atoms with Gasteiger partial charge >= 0.3 is 6.03 Å². The standard InChI is InChI=1S/C21H31N3O3/c1-3-16-15-17(9-10-19(16)27-2)20(25)23-11-13-24(14-12-23)21(26)22-18-7-5-4-6-8-18/h9-10,15,18H,3-8,11-14H2,1-2H3,(H,22,26). The van der Waals surface area contributed by atoms with Crippen molar-refractivity contribution in [3.63, 3.8) is 0 Å². The number of rotatable bonds is 4. The average Bonchev–Trinajstić information content (AvgIpc) is 2.73. The van der Waals surface area contributed by atoms with E-state index in [0.717, 1.165) is 30.6 Å². The summed E-state index contributed by atoms with van der Waals surface area (Å²) >= 11 is 0. The lowest BCUT2D eigenvalue weighted by molar-refractivity contribution is 0.0662. The molecular formula is C21H31N3O3. The lowest BCUT2D eigenvalue weighted by Gasteiger charge is -2.36. The van der Waals surface area contributed by atoms with E-state index < -0.39 is 0 Å². The second-order valence-electron chi connectivity index (χ2n) is 7.44. The third-order valence-electron chi connectivity index (χ3n) is 5.70. The smallest absolute Gasteiger partial charge is 0.317 e. The number of aryl methyl sites for hydroxylation is 1. The van der Waals surface area contributed by atoms with E-state index in [1.807, 2.05) is 28.0 Å². The monoisotopic (exact) mass is 373 g/mol. The van der Waals surface area contributed by atoms with Crippen molar-refractivity contribution in [2.45, 2.75) is 51.5 Å². The fourth-order valence-electron chi connectivity index (χ4n) is 4.00. The first-order chi connectivity index (χ1) is 13.1. The van der Waals surface area contributed by atoms with Crippen LogP contribution in [0.25, 0.3) is 0 Å². The molecule has 1 aromatic rings. The lowest BCUT2D eigenvalue weighted by Crippen LogP contribution is -2.54. The average molecular weight is 373 g/mol. The van der Waals surface area contributed by atoms with Gasteiger partial charge in [0.15, 0.2) is 0 Å². The number of hydrogen-bond acceptors (Lipinski definition) is 3. The first-order valence-electron chi connectivity index (χ1n) is 10.1. The Kier molecular flexibility index (Phi) is 6.58. The highest BCUT2D eigenvalue weighted by Crippen LogP contribution is 2.22. The van der Waals surface area contributed by atoms with Gasteiger partial charge in [0.05, 0.1) is 7.11 Å². The van der Waals surface area contributed by atoms with E-state index in [2.05, 4.69) is 12.2 Å². The fraction of sp³-hybridized carbons (Fsp3) is 0.619. The predicted molar refractivity (Wildman–Crippen MR) is 105 cm³/mol. The van der Waals surface area contributed by atoms with Crippen LogP contribution < -0.4 is 10.1 Å². The van der Waals surface area contributed by atoms with Gasteiger partial charge in [-0.3, -0.25) is 4.79 Å². The van der Waals surface area contributed by atoms with E-state index in [1.165, 1.54) is 19.3 Å². The number of nitrogens with zero attached hydrogens (tertiary/aromatic N) is 2. The molecule has 0 atom stereocenters. The first kappa shape index (κ1) is 19.5. The molecule has 0 aromatic heterocycles. The van der Waals surface area contributed by atoms with Crippen molar-refractivity contribution in [2.24, 2.45) is 0 Å². The van der Waals surface area contributed by atoms with E-state index in [-0.39, 0.29) is 11.9 Å². The summed E-state index contributed by atoms with van der Waals surface area (Å²) in [6, 6.07) is 5.94. The van der Waals surface area contributed by atoms with Gasteiger partial charge in [0.1, 0.15) is 5.75 Å². The van der Waals surface area contributed by atoms with Crippen LogP contribution in [0, 0.1) is 0 Å². The SMILES string of the molecule is CCc1cc(C(=O)N2CCN(C(=O)NC3CCCCC3)CC2)ccc1OC. The van der Waals surface area contributed by atoms with Gasteiger partial charge in [0.2, 0.25) is 0 Å². The fourth-order valence-corrected chi connectivity index (χ4v) is 4.00. The number of amides is 3. The predicted octanol–water partition coefficient (Wildman–Crippen LogP) is 3.06. The zero-order chi connectivity index (χ0) is 19.2. The van der Waals surface area contributed by atoms with Gasteiger partial charge in [-0.15, -0.1) is 0 Å². The highest BCUT2D eigenvalue weighted by molar-refractivity contribution is 5.94. The third kappa shape index (κ3) is 4.73. The lowest BCUT2D eigenvalue weighted by atomic mass is 9.96. The van der Waals surface area contributed by atoms with Crippen LogP contribution >= 0.6 is 0 Å². The summed E-state index contributed by atoms with van der Waals surface area (Å²) in [4.78, 5) is 29.0. The molecule has 3 rings (SSSR count). The van der Waals surface area contributed by atoms with Crippen LogP contribution in [0.4, 0.5) is 4.79 Å². The summed E-state index contributed by atoms with van der Waals surface area (Å²) in [7, 11) is 1.65. The Morgan fingerprint density at radius 2 is 1.74 bits per heavy atom. The number of carbonyl (C=O) groups is 2. The minimum Gasteiger partial charge on any atom is -0.496 e. The number of hydrogen-bond donors (Lipinski definition) is 1. The molecule has 1 saturated carbocycles. The van der Waals surface area contributed by atoms with Crippen molar-refractivity contribution in [3.05, 3.63) is 29.3 Å². The van der Waals surface area contributed by atoms with Crippen molar-refractivity contribution in [1.29, 1.82) is 0 Å². The van der Waals surface area contributed by atoms with Gasteiger partial charge in [-0.2, -0.15) is 0 Å². The molecule has 0 spiro atoms. The minimum absolute atomic E-state index is 0.0201. The highest BCUT2D eigenvalue weighted by atomic mass is 16.5. The van der Waals surface area contributed by atoms with Crippen molar-refractivity contribution < 1.29 is 14.3 Å². The van der Waals surface area contributed by atoms with Gasteiger partial charge in [0, 0.05) is 37.8 Å². The zero-order valence-electron chi connectivity index (χ0n) is 16.5. The van der Waals surface area contributed by atoms with Gasteiger partial charge in [-0.05, 0) is 43.0 Å². The Morgan fingerprint density at radius 3 is 2.37 bits per heavy atom. The number of piperazine rings is 1. The summed E-state index contributed by atoms with van der Waals surface area (Å²) in [6.45, 7) is 4.37. The molecule has 1 aliphatic carbocycles. The maximum absolute atomic E-state index is 12.8. The number of urea groups is 1. The van der Waals surface area contributed by atoms with E-state index in [4.69, 9.17) is 4.74 Å². The molecule has 1 N–H and O–H groups in total. The summed E-state index contributed by atoms with van der Waals surface area (Å²) < 4.78 is 5.34. The molecule has 3 amide bonds. The normalized spacial score (nSPS) is 18.3. The summed E-state index contributed by atoms with van der Waals surface area (Å²) in [5.74, 6) is 0.845. The van der Waals surface area contributed by atoms with Gasteiger partial charge in [0.25, 0.3) is 5.91 Å². The van der Waals surface area contributed by atoms with Crippen LogP contribution in [0.5, 0.6) is 5.75 Å². The number of methoxy groups -OCH3 is 1. The first-order valence-corrected chi connectivity index (χ1v) is 10.1. The summed E-state index contributed by atoms with van der Waals surface area (Å²) in [5.41, 5.74) is 1.72. The van der Waals surface area contributed by atoms with Crippen LogP contribution in [0.1, 0.15) is 54.9 Å². The molecule has 1 heterocycles. The Morgan fingerprint density at radius 1 is 1.07 bits per heavy atom.